The second-order valence-corrected chi connectivity index (χ2v) is 9.06. The molecule has 3 aromatic rings. The van der Waals surface area contributed by atoms with E-state index in [-0.39, 0.29) is 17.2 Å². The molecule has 154 valence electrons. The van der Waals surface area contributed by atoms with Crippen LogP contribution in [0, 0.1) is 0 Å². The number of azo groups is 1. The van der Waals surface area contributed by atoms with E-state index in [4.69, 9.17) is 5.73 Å². The zero-order valence-corrected chi connectivity index (χ0v) is 17.7. The highest BCUT2D eigenvalue weighted by Gasteiger charge is 2.28. The molecule has 3 aromatic heterocycles. The van der Waals surface area contributed by atoms with Crippen LogP contribution < -0.4 is 5.73 Å². The van der Waals surface area contributed by atoms with Crippen LogP contribution in [-0.2, 0) is 10.8 Å². The van der Waals surface area contributed by atoms with Crippen molar-refractivity contribution in [2.45, 2.75) is 52.4 Å². The molecule has 0 atom stereocenters. The zero-order chi connectivity index (χ0) is 21.6. The molecule has 0 unspecified atom stereocenters. The lowest BCUT2D eigenvalue weighted by Gasteiger charge is -2.15. The molecule has 0 radical (unpaired) electrons. The monoisotopic (exact) mass is 418 g/mol. The Labute approximate surface area is 170 Å². The quantitative estimate of drug-likeness (QED) is 0.540. The summed E-state index contributed by atoms with van der Waals surface area (Å²) in [6.07, 6.45) is 0. The summed E-state index contributed by atoms with van der Waals surface area (Å²) < 4.78 is 5.47. The van der Waals surface area contributed by atoms with Crippen molar-refractivity contribution in [1.82, 2.24) is 34.1 Å². The Morgan fingerprint density at radius 3 is 2.03 bits per heavy atom. The van der Waals surface area contributed by atoms with E-state index in [0.717, 1.165) is 16.2 Å². The average Bonchev–Trinajstić information content (AvgIpc) is 3.16. The Kier molecular flexibility index (Phi) is 4.94. The summed E-state index contributed by atoms with van der Waals surface area (Å²) >= 11 is 1.13. The zero-order valence-electron chi connectivity index (χ0n) is 16.9. The van der Waals surface area contributed by atoms with Crippen molar-refractivity contribution >= 4 is 28.2 Å². The van der Waals surface area contributed by atoms with Gasteiger partial charge >= 0.3 is 12.0 Å². The summed E-state index contributed by atoms with van der Waals surface area (Å²) in [7, 11) is 0. The third kappa shape index (κ3) is 4.29. The molecular formula is C16H22N10O2S. The average molecular weight is 418 g/mol. The summed E-state index contributed by atoms with van der Waals surface area (Å²) in [5, 5.41) is 32.3. The van der Waals surface area contributed by atoms with Gasteiger partial charge < -0.3 is 15.9 Å². The summed E-state index contributed by atoms with van der Waals surface area (Å²) in [5.74, 6) is 0.613. The van der Waals surface area contributed by atoms with Gasteiger partial charge in [-0.05, 0) is 0 Å². The number of nitrogens with two attached hydrogens (primary N) is 1. The molecule has 0 fully saturated rings. The van der Waals surface area contributed by atoms with Crippen LogP contribution in [0.5, 0.6) is 12.0 Å². The van der Waals surface area contributed by atoms with E-state index < -0.39 is 17.4 Å². The highest BCUT2D eigenvalue weighted by atomic mass is 32.1. The van der Waals surface area contributed by atoms with Gasteiger partial charge in [0.2, 0.25) is 5.13 Å². The van der Waals surface area contributed by atoms with Crippen LogP contribution in [-0.4, -0.2) is 44.3 Å². The smallest absolute Gasteiger partial charge is 0.321 e. The van der Waals surface area contributed by atoms with Gasteiger partial charge in [0.1, 0.15) is 5.82 Å². The molecule has 12 nitrogen and oxygen atoms in total. The summed E-state index contributed by atoms with van der Waals surface area (Å²) in [6, 6.07) is -1.32. The third-order valence-corrected chi connectivity index (χ3v) is 4.32. The Morgan fingerprint density at radius 2 is 1.52 bits per heavy atom. The maximum Gasteiger partial charge on any atom is 0.321 e. The summed E-state index contributed by atoms with van der Waals surface area (Å²) in [5.41, 5.74) is 6.42. The first-order valence-electron chi connectivity index (χ1n) is 8.65. The van der Waals surface area contributed by atoms with Gasteiger partial charge in [-0.15, -0.1) is 15.2 Å². The fourth-order valence-corrected chi connectivity index (χ4v) is 2.96. The van der Waals surface area contributed by atoms with Crippen molar-refractivity contribution < 1.29 is 10.2 Å². The first-order valence-corrected chi connectivity index (χ1v) is 9.43. The lowest BCUT2D eigenvalue weighted by Crippen LogP contribution is -2.13. The van der Waals surface area contributed by atoms with E-state index in [2.05, 4.69) is 39.6 Å². The minimum absolute atomic E-state index is 0.0873. The number of aromatic nitrogens is 7. The second kappa shape index (κ2) is 6.99. The molecule has 0 aromatic carbocycles. The Hall–Kier alpha value is -3.22. The highest BCUT2D eigenvalue weighted by Crippen LogP contribution is 2.37. The van der Waals surface area contributed by atoms with Crippen LogP contribution in [0.25, 0.3) is 5.95 Å². The maximum atomic E-state index is 9.54. The fourth-order valence-electron chi connectivity index (χ4n) is 2.27. The van der Waals surface area contributed by atoms with Gasteiger partial charge in [-0.1, -0.05) is 41.5 Å². The largest absolute Gasteiger partial charge is 0.479 e. The van der Waals surface area contributed by atoms with Crippen molar-refractivity contribution in [3.63, 3.8) is 0 Å². The fraction of sp³-hybridized carbons (Fsp3) is 0.500. The van der Waals surface area contributed by atoms with Gasteiger partial charge in [0.15, 0.2) is 11.5 Å². The van der Waals surface area contributed by atoms with Gasteiger partial charge in [0.05, 0.1) is 5.69 Å². The number of nitrogen functional groups attached to an aromatic ring is 1. The van der Waals surface area contributed by atoms with Gasteiger partial charge in [0.25, 0.3) is 5.95 Å². The highest BCUT2D eigenvalue weighted by molar-refractivity contribution is 7.09. The molecule has 0 saturated carbocycles. The standard InChI is InChI=1S/C16H22N10O2S/c1-15(2,3)8-7(22-23-14-18-10(25-29-14)16(4,5)6)9(17)26(24-8)11-19-12(27)21-13(28)20-11/h17H2,1-6H3,(H2,19,20,21,27,28). The normalized spacial score (nSPS) is 12.8. The van der Waals surface area contributed by atoms with Crippen molar-refractivity contribution in [2.75, 3.05) is 5.73 Å². The summed E-state index contributed by atoms with van der Waals surface area (Å²) in [4.78, 5) is 15.2. The molecule has 29 heavy (non-hydrogen) atoms. The number of hydrogen-bond acceptors (Lipinski definition) is 12. The number of hydrogen-bond donors (Lipinski definition) is 3. The Bertz CT molecular complexity index is 1050. The van der Waals surface area contributed by atoms with Crippen LogP contribution in [0.1, 0.15) is 53.1 Å². The van der Waals surface area contributed by atoms with Gasteiger partial charge in [-0.3, -0.25) is 0 Å². The van der Waals surface area contributed by atoms with E-state index in [9.17, 15) is 10.2 Å². The van der Waals surface area contributed by atoms with Crippen molar-refractivity contribution in [1.29, 1.82) is 0 Å². The first-order chi connectivity index (χ1) is 13.4. The Balaban J connectivity index is 2.08. The van der Waals surface area contributed by atoms with Crippen molar-refractivity contribution in [3.05, 3.63) is 11.5 Å². The van der Waals surface area contributed by atoms with E-state index in [0.29, 0.717) is 22.3 Å². The molecule has 0 saturated heterocycles. The van der Waals surface area contributed by atoms with Crippen molar-refractivity contribution in [2.24, 2.45) is 10.2 Å². The van der Waals surface area contributed by atoms with Crippen LogP contribution in [0.15, 0.2) is 10.2 Å². The van der Waals surface area contributed by atoms with Crippen LogP contribution in [0.4, 0.5) is 16.6 Å². The molecule has 0 aliphatic carbocycles. The van der Waals surface area contributed by atoms with Crippen LogP contribution in [0.3, 0.4) is 0 Å². The number of aromatic hydroxyl groups is 2. The molecule has 3 heterocycles. The lowest BCUT2D eigenvalue weighted by atomic mass is 9.91. The van der Waals surface area contributed by atoms with Gasteiger partial charge in [0, 0.05) is 22.4 Å². The minimum atomic E-state index is -0.661. The minimum Gasteiger partial charge on any atom is -0.479 e. The van der Waals surface area contributed by atoms with E-state index >= 15 is 0 Å². The van der Waals surface area contributed by atoms with E-state index in [1.807, 2.05) is 41.5 Å². The van der Waals surface area contributed by atoms with Crippen molar-refractivity contribution in [3.8, 4) is 18.0 Å². The van der Waals surface area contributed by atoms with Crippen LogP contribution >= 0.6 is 11.5 Å². The summed E-state index contributed by atoms with van der Waals surface area (Å²) in [6.45, 7) is 11.8. The molecule has 13 heteroatoms. The van der Waals surface area contributed by atoms with E-state index in [1.54, 1.807) is 0 Å². The maximum absolute atomic E-state index is 9.54. The SMILES string of the molecule is CC(C)(C)c1nsc(N=Nc2c(C(C)(C)C)nn(-c3nc(O)nc(O)n3)c2N)n1. The third-order valence-electron chi connectivity index (χ3n) is 3.72. The van der Waals surface area contributed by atoms with E-state index in [1.165, 1.54) is 0 Å². The first kappa shape index (κ1) is 20.5. The van der Waals surface area contributed by atoms with Gasteiger partial charge in [-0.25, -0.2) is 0 Å². The van der Waals surface area contributed by atoms with Crippen LogP contribution in [0.2, 0.25) is 0 Å². The molecule has 0 aliphatic rings. The number of rotatable bonds is 3. The molecule has 0 spiro atoms. The topological polar surface area (TPSA) is 173 Å². The molecule has 0 aliphatic heterocycles. The predicted octanol–water partition coefficient (Wildman–Crippen LogP) is 2.91. The molecule has 0 bridgehead atoms. The molecule has 0 amide bonds. The number of nitrogens with zero attached hydrogens (tertiary/aromatic N) is 9. The predicted molar refractivity (Wildman–Crippen MR) is 106 cm³/mol. The van der Waals surface area contributed by atoms with Gasteiger partial charge in [-0.2, -0.15) is 29.1 Å². The lowest BCUT2D eigenvalue weighted by molar-refractivity contribution is 0.379. The molecule has 3 rings (SSSR count). The Morgan fingerprint density at radius 1 is 0.897 bits per heavy atom. The molecular weight excluding hydrogens is 396 g/mol. The molecule has 4 N–H and O–H groups in total. The second-order valence-electron chi connectivity index (χ2n) is 8.33. The number of anilines is 1.